The fourth-order valence-corrected chi connectivity index (χ4v) is 19.9. The van der Waals surface area contributed by atoms with E-state index in [0.717, 1.165) is 16.9 Å². The van der Waals surface area contributed by atoms with Crippen LogP contribution in [0.25, 0.3) is 55.7 Å². The second-order valence-electron chi connectivity index (χ2n) is 39.3. The first kappa shape index (κ1) is 132. The summed E-state index contributed by atoms with van der Waals surface area (Å²) in [4.78, 5) is 25.8. The molecule has 0 aliphatic rings. The molecule has 4 heterocycles. The van der Waals surface area contributed by atoms with Gasteiger partial charge in [0.25, 0.3) is 0 Å². The molecular weight excluding hydrogens is 2250 g/mol. The van der Waals surface area contributed by atoms with Gasteiger partial charge in [-0.25, -0.2) is 19.9 Å². The number of nitrogens with one attached hydrogen (secondary N) is 1. The predicted octanol–water partition coefficient (Wildman–Crippen LogP) is 35.4. The minimum absolute atomic E-state index is 0. The van der Waals surface area contributed by atoms with Crippen molar-refractivity contribution < 1.29 is 22.0 Å². The topological polar surface area (TPSA) is 81.8 Å². The maximum Gasteiger partial charge on any atom is -0.0141 e. The van der Waals surface area contributed by atoms with E-state index >= 15 is 0 Å². The molecule has 0 aliphatic carbocycles. The van der Waals surface area contributed by atoms with Crippen molar-refractivity contribution in [2.75, 3.05) is 88.4 Å². The summed E-state index contributed by atoms with van der Waals surface area (Å²) in [5.41, 5.74) is 39.0. The Morgan fingerprint density at radius 2 is 0.643 bits per heavy atom. The molecule has 16 heteroatoms. The second kappa shape index (κ2) is 74.8. The summed E-state index contributed by atoms with van der Waals surface area (Å²) in [6.45, 7) is 43.0. The molecule has 0 atom stereocenters. The largest absolute Gasteiger partial charge is 1.00 e. The van der Waals surface area contributed by atoms with Gasteiger partial charge in [0.15, 0.2) is 18.2 Å². The summed E-state index contributed by atoms with van der Waals surface area (Å²) in [5.74, 6) is 9.34. The molecule has 0 aliphatic heterocycles. The predicted molar refractivity (Wildman–Crippen MR) is 661 cm³/mol. The van der Waals surface area contributed by atoms with Crippen LogP contribution in [-0.4, -0.2) is 118 Å². The Kier molecular flexibility index (Phi) is 69.1. The van der Waals surface area contributed by atoms with Crippen molar-refractivity contribution in [3.63, 3.8) is 0 Å². The van der Waals surface area contributed by atoms with Crippen LogP contribution in [0.2, 0.25) is 0 Å². The van der Waals surface area contributed by atoms with Crippen LogP contribution >= 0.6 is 108 Å². The Balaban J connectivity index is 0.000000547. The summed E-state index contributed by atoms with van der Waals surface area (Å²) in [7, 11) is 3.83. The van der Waals surface area contributed by atoms with E-state index in [1.54, 1.807) is 11.1 Å². The Bertz CT molecular complexity index is 5570. The van der Waals surface area contributed by atoms with Crippen molar-refractivity contribution in [1.29, 1.82) is 0 Å². The third kappa shape index (κ3) is 57.4. The Labute approximate surface area is 931 Å². The number of halogens is 7. The van der Waals surface area contributed by atoms with Crippen LogP contribution in [0, 0.1) is 111 Å². The summed E-state index contributed by atoms with van der Waals surface area (Å²) < 4.78 is 0. The van der Waals surface area contributed by atoms with E-state index in [2.05, 4.69) is 499 Å². The zero-order valence-corrected chi connectivity index (χ0v) is 105. The van der Waals surface area contributed by atoms with Gasteiger partial charge in [0.05, 0.1) is 5.52 Å². The number of aromatic amines is 1. The first-order valence-electron chi connectivity index (χ1n) is 50.6. The van der Waals surface area contributed by atoms with Crippen LogP contribution in [0.15, 0.2) is 274 Å². The van der Waals surface area contributed by atoms with Crippen molar-refractivity contribution in [2.45, 2.75) is 246 Å². The van der Waals surface area contributed by atoms with Gasteiger partial charge in [-0.2, -0.15) is 8.46 Å². The van der Waals surface area contributed by atoms with Gasteiger partial charge in [-0.05, 0) is 363 Å². The summed E-state index contributed by atoms with van der Waals surface area (Å²) >= 11 is 19.5. The van der Waals surface area contributed by atoms with Gasteiger partial charge in [0, 0.05) is 41.7 Å². The van der Waals surface area contributed by atoms with E-state index in [9.17, 15) is 0 Å². The monoisotopic (exact) mass is 2410 g/mol. The number of aryl methyl sites for hydroxylation is 21. The molecule has 0 bridgehead atoms. The number of benzene rings is 10. The summed E-state index contributed by atoms with van der Waals surface area (Å²) in [6, 6.07) is 82.7. The quantitative estimate of drug-likeness (QED) is 0.0237. The Hall–Kier alpha value is -6.98. The molecule has 0 unspecified atom stereocenters. The normalized spacial score (nSPS) is 10.8. The summed E-state index contributed by atoms with van der Waals surface area (Å²) in [6.07, 6.45) is 46.3. The van der Waals surface area contributed by atoms with Gasteiger partial charge < -0.3 is 21.9 Å². The molecule has 778 valence electrons. The van der Waals surface area contributed by atoms with Crippen LogP contribution in [0.5, 0.6) is 0 Å². The molecule has 10 aromatic carbocycles. The molecule has 4 aromatic heterocycles. The molecule has 14 aromatic rings. The van der Waals surface area contributed by atoms with Crippen LogP contribution in [0.3, 0.4) is 0 Å². The fourth-order valence-electron chi connectivity index (χ4n) is 16.3. The van der Waals surface area contributed by atoms with Gasteiger partial charge >= 0.3 is 128 Å². The third-order valence-corrected chi connectivity index (χ3v) is 29.6. The molecule has 1 N–H and O–H groups in total. The molecule has 0 spiro atoms. The molecule has 0 fully saturated rings. The number of H-pyrrole nitrogens is 1. The second-order valence-corrected chi connectivity index (χ2v) is 62.0. The van der Waals surface area contributed by atoms with Crippen molar-refractivity contribution in [3.8, 4) is 44.8 Å². The van der Waals surface area contributed by atoms with Crippen LogP contribution in [-0.2, 0) is 32.1 Å². The molecule has 143 heavy (non-hydrogen) atoms. The number of fused-ring (bicyclic) bond motifs is 1. The number of nitrogens with zero attached hydrogens (tertiary/aromatic N) is 6. The Morgan fingerprint density at radius 3 is 1.03 bits per heavy atom. The van der Waals surface area contributed by atoms with Gasteiger partial charge in [-0.1, -0.05) is 311 Å². The SMILES string of the molecule is CBr.CBr.CBr.CBr.Cc1ccc(C)c(-c2cc[nH+]cc2)c1.Cc1ccc(C)c(-c2ccc3cccnc3c2)c1.Cc1ccc(C)c(-c2ccncc2)c1.Cc1ccc(C)c(-c2ncncn2)c1.Cc1ccc(C)c(CCCCCCN(C)C)c1.Cc1ccc(C)c(CCCCCCP(C)(C)(C)Br)c1.Cc1ccc(C)c(CCCCCCS(C)(C)Br)c1.Cc1ccc(C)c(CCCCCCc2ccccc2)c1.[Br-]. The van der Waals surface area contributed by atoms with Crippen LogP contribution < -0.4 is 22.0 Å². The Morgan fingerprint density at radius 1 is 0.308 bits per heavy atom. The van der Waals surface area contributed by atoms with Crippen molar-refractivity contribution in [2.24, 2.45) is 0 Å². The average Bonchev–Trinajstić information content (AvgIpc) is 0.873. The molecule has 7 nitrogen and oxygen atoms in total. The first-order valence-corrected chi connectivity index (χ1v) is 67.2. The van der Waals surface area contributed by atoms with E-state index in [4.69, 9.17) is 0 Å². The number of hydrogen-bond donors (Lipinski definition) is 0. The summed E-state index contributed by atoms with van der Waals surface area (Å²) in [5, 5.41) is -0.255. The molecule has 0 amide bonds. The number of rotatable bonds is 32. The smallest absolute Gasteiger partial charge is 0.0141 e. The molecule has 0 radical (unpaired) electrons. The first-order chi connectivity index (χ1) is 67.9. The van der Waals surface area contributed by atoms with E-state index < -0.39 is 13.8 Å². The van der Waals surface area contributed by atoms with Gasteiger partial charge in [0.2, 0.25) is 0 Å². The van der Waals surface area contributed by atoms with Gasteiger partial charge in [0.1, 0.15) is 12.7 Å². The van der Waals surface area contributed by atoms with Gasteiger partial charge in [-0.3, -0.25) is 9.97 Å². The molecule has 0 saturated heterocycles. The number of aromatic nitrogens is 6. The van der Waals surface area contributed by atoms with Crippen LogP contribution in [0.4, 0.5) is 0 Å². The number of pyridine rings is 3. The zero-order valence-electron chi connectivity index (χ0n) is 92.1. The molecule has 14 rings (SSSR count). The molecular formula is C127H175Br7N7PS. The van der Waals surface area contributed by atoms with Crippen molar-refractivity contribution in [1.82, 2.24) is 29.8 Å². The van der Waals surface area contributed by atoms with E-state index in [1.165, 1.54) is 310 Å². The number of unbranched alkanes of at least 4 members (excludes halogenated alkanes) is 12. The minimum Gasteiger partial charge on any atom is -1.00 e. The van der Waals surface area contributed by atoms with Crippen molar-refractivity contribution in [3.05, 3.63) is 391 Å². The van der Waals surface area contributed by atoms with Crippen molar-refractivity contribution >= 4 is 119 Å². The number of hydrogen-bond acceptors (Lipinski definition) is 6. The van der Waals surface area contributed by atoms with E-state index in [0.29, 0.717) is 0 Å². The molecule has 0 saturated carbocycles. The maximum absolute atomic E-state index is 4.42. The fraction of sp³-hybridized carbons (Fsp3) is 0.402. The standard InChI is InChI=1S/C20H26.C17H30BrP.C17H15N.C16H27BrS.C16H27N.2C13H13N.C11H11N3.4CH3Br.BrH/c1-17-14-15-18(2)20(16-17)13-9-4-3-6-10-19-11-7-5-8-12-19;1-15-11-12-16(2)17(14-15)10-8-6-7-9-13-19(3,4,5)18;1-12-5-6-13(2)16(10-12)15-8-7-14-4-3-9-18-17(14)11-15;1-14-10-11-15(2)16(13-14)9-7-5-6-8-12-18(3,4)17;1-14-10-11-15(2)16(13-14)9-7-5-6-8-12-17(3)4;2*1-10-3-4-11(2)13(9-10)12-5-7-14-8-6-12;1-8-3-4-9(2)10(5-8)11-13-6-12-7-14-11;4*1-2;/h5,7-8,11-12,14-16H,3-4,6,9-10,13H2,1-2H3;11-12,14H,6-10,13H2,1-5H3;3-11H,1-2H3;10-11,13H,5-9,12H2,1-4H3;10-11,13H,5-9,12H2,1-4H3;2*3-9H,1-2H3;3-7H,1-2H3;4*1H3;1H. The zero-order chi connectivity index (χ0) is 105. The minimum atomic E-state index is -1.44. The number of alkyl halides is 4. The average molecular weight is 2420 g/mol. The van der Waals surface area contributed by atoms with Gasteiger partial charge in [-0.15, -0.1) is 0 Å². The van der Waals surface area contributed by atoms with Crippen LogP contribution in [0.1, 0.15) is 220 Å². The third-order valence-electron chi connectivity index (χ3n) is 24.5. The van der Waals surface area contributed by atoms with E-state index in [-0.39, 0.29) is 17.0 Å². The van der Waals surface area contributed by atoms with E-state index in [1.807, 2.05) is 72.5 Å². The maximum atomic E-state index is 4.42.